The maximum absolute atomic E-state index is 5.98. The number of methoxy groups -OCH3 is 1. The van der Waals surface area contributed by atoms with Gasteiger partial charge in [-0.2, -0.15) is 5.10 Å². The van der Waals surface area contributed by atoms with Gasteiger partial charge in [-0.25, -0.2) is 0 Å². The number of aromatic nitrogens is 2. The Hall–Kier alpha value is -1.64. The Labute approximate surface area is 168 Å². The van der Waals surface area contributed by atoms with E-state index < -0.39 is 0 Å². The van der Waals surface area contributed by atoms with Crippen LogP contribution in [0.15, 0.2) is 17.4 Å². The van der Waals surface area contributed by atoms with Gasteiger partial charge >= 0.3 is 0 Å². The third-order valence-corrected chi connectivity index (χ3v) is 5.62. The molecule has 1 atom stereocenters. The lowest BCUT2D eigenvalue weighted by molar-refractivity contribution is -0.00808. The minimum atomic E-state index is 0.0512. The molecule has 8 nitrogen and oxygen atoms in total. The van der Waals surface area contributed by atoms with Crippen molar-refractivity contribution in [2.75, 3.05) is 66.1 Å². The minimum absolute atomic E-state index is 0.0512. The van der Waals surface area contributed by atoms with Crippen LogP contribution in [0.1, 0.15) is 31.4 Å². The van der Waals surface area contributed by atoms with Crippen molar-refractivity contribution in [3.05, 3.63) is 18.0 Å². The number of nitrogens with zero attached hydrogens (tertiary/aromatic N) is 5. The molecule has 0 aliphatic carbocycles. The van der Waals surface area contributed by atoms with E-state index in [1.54, 1.807) is 7.11 Å². The summed E-state index contributed by atoms with van der Waals surface area (Å²) in [4.78, 5) is 9.82. The van der Waals surface area contributed by atoms with Gasteiger partial charge in [0, 0.05) is 52.1 Å². The summed E-state index contributed by atoms with van der Waals surface area (Å²) < 4.78 is 13.0. The average Bonchev–Trinajstić information content (AvgIpc) is 3.17. The maximum atomic E-state index is 5.98. The highest BCUT2D eigenvalue weighted by Gasteiger charge is 2.26. The number of likely N-dealkylation sites (tertiary alicyclic amines) is 1. The van der Waals surface area contributed by atoms with E-state index in [1.807, 2.05) is 24.1 Å². The molecule has 0 aromatic carbocycles. The normalized spacial score (nSPS) is 22.6. The van der Waals surface area contributed by atoms with Gasteiger partial charge in [0.15, 0.2) is 5.96 Å². The van der Waals surface area contributed by atoms with Crippen molar-refractivity contribution in [2.24, 2.45) is 18.0 Å². The van der Waals surface area contributed by atoms with E-state index in [2.05, 4.69) is 27.1 Å². The third kappa shape index (κ3) is 5.93. The zero-order valence-corrected chi connectivity index (χ0v) is 17.6. The van der Waals surface area contributed by atoms with E-state index in [9.17, 15) is 0 Å². The van der Waals surface area contributed by atoms with Crippen molar-refractivity contribution in [3.63, 3.8) is 0 Å². The zero-order chi connectivity index (χ0) is 19.8. The van der Waals surface area contributed by atoms with Crippen molar-refractivity contribution in [2.45, 2.75) is 25.9 Å². The number of guanidine groups is 1. The highest BCUT2D eigenvalue weighted by molar-refractivity contribution is 5.80. The summed E-state index contributed by atoms with van der Waals surface area (Å²) in [5.74, 6) is 1.68. The lowest BCUT2D eigenvalue weighted by Gasteiger charge is -2.35. The Morgan fingerprint density at radius 2 is 2.18 bits per heavy atom. The van der Waals surface area contributed by atoms with Gasteiger partial charge < -0.3 is 24.6 Å². The number of rotatable bonds is 7. The van der Waals surface area contributed by atoms with Gasteiger partial charge in [-0.05, 0) is 38.8 Å². The average molecular weight is 393 g/mol. The molecule has 1 N–H and O–H groups in total. The van der Waals surface area contributed by atoms with Gasteiger partial charge in [0.2, 0.25) is 0 Å². The third-order valence-electron chi connectivity index (χ3n) is 5.62. The van der Waals surface area contributed by atoms with Gasteiger partial charge in [0.1, 0.15) is 6.10 Å². The molecule has 2 aliphatic heterocycles. The Balaban J connectivity index is 1.53. The van der Waals surface area contributed by atoms with Crippen LogP contribution >= 0.6 is 0 Å². The number of piperidine rings is 1. The van der Waals surface area contributed by atoms with Crippen LogP contribution in [0.3, 0.4) is 0 Å². The molecule has 3 heterocycles. The van der Waals surface area contributed by atoms with Gasteiger partial charge in [-0.3, -0.25) is 9.67 Å². The number of nitrogens with one attached hydrogen (secondary N) is 1. The quantitative estimate of drug-likeness (QED) is 0.554. The highest BCUT2D eigenvalue weighted by Crippen LogP contribution is 2.22. The fraction of sp³-hybridized carbons (Fsp3) is 0.800. The Bertz CT molecular complexity index is 612. The number of hydrogen-bond acceptors (Lipinski definition) is 5. The van der Waals surface area contributed by atoms with Crippen LogP contribution in [0.5, 0.6) is 0 Å². The molecule has 0 amide bonds. The van der Waals surface area contributed by atoms with Crippen molar-refractivity contribution in [1.29, 1.82) is 0 Å². The summed E-state index contributed by atoms with van der Waals surface area (Å²) >= 11 is 0. The van der Waals surface area contributed by atoms with Crippen molar-refractivity contribution < 1.29 is 9.47 Å². The van der Waals surface area contributed by atoms with Crippen molar-refractivity contribution in [3.8, 4) is 0 Å². The molecule has 0 radical (unpaired) electrons. The van der Waals surface area contributed by atoms with Crippen LogP contribution < -0.4 is 5.32 Å². The van der Waals surface area contributed by atoms with E-state index >= 15 is 0 Å². The molecule has 1 unspecified atom stereocenters. The largest absolute Gasteiger partial charge is 0.383 e. The molecule has 3 rings (SSSR count). The second-order valence-corrected chi connectivity index (χ2v) is 7.73. The molecule has 2 fully saturated rings. The summed E-state index contributed by atoms with van der Waals surface area (Å²) in [6.45, 7) is 10.5. The van der Waals surface area contributed by atoms with Crippen molar-refractivity contribution in [1.82, 2.24) is 24.9 Å². The fourth-order valence-electron chi connectivity index (χ4n) is 3.90. The summed E-state index contributed by atoms with van der Waals surface area (Å²) in [6, 6.07) is 0. The Morgan fingerprint density at radius 3 is 2.86 bits per heavy atom. The molecular weight excluding hydrogens is 356 g/mol. The molecule has 2 saturated heterocycles. The lowest BCUT2D eigenvalue weighted by atomic mass is 9.97. The van der Waals surface area contributed by atoms with Crippen LogP contribution in [-0.2, 0) is 16.5 Å². The highest BCUT2D eigenvalue weighted by atomic mass is 16.5. The Kier molecular flexibility index (Phi) is 8.12. The minimum Gasteiger partial charge on any atom is -0.383 e. The zero-order valence-electron chi connectivity index (χ0n) is 17.6. The molecule has 0 spiro atoms. The molecule has 0 bridgehead atoms. The fourth-order valence-corrected chi connectivity index (χ4v) is 3.90. The van der Waals surface area contributed by atoms with Gasteiger partial charge in [0.25, 0.3) is 0 Å². The molecular formula is C20H36N6O2. The van der Waals surface area contributed by atoms with Crippen LogP contribution in [0.4, 0.5) is 0 Å². The number of aliphatic imine (C=N–C) groups is 1. The Morgan fingerprint density at radius 1 is 1.36 bits per heavy atom. The second-order valence-electron chi connectivity index (χ2n) is 7.73. The van der Waals surface area contributed by atoms with Gasteiger partial charge in [-0.15, -0.1) is 0 Å². The molecule has 0 saturated carbocycles. The molecule has 28 heavy (non-hydrogen) atoms. The summed E-state index contributed by atoms with van der Waals surface area (Å²) in [5, 5.41) is 7.76. The monoisotopic (exact) mass is 392 g/mol. The summed E-state index contributed by atoms with van der Waals surface area (Å²) in [7, 11) is 3.71. The number of morpholine rings is 1. The summed E-state index contributed by atoms with van der Waals surface area (Å²) in [5.41, 5.74) is 1.13. The molecule has 2 aliphatic rings. The lowest BCUT2D eigenvalue weighted by Crippen LogP contribution is -2.48. The smallest absolute Gasteiger partial charge is 0.194 e. The van der Waals surface area contributed by atoms with Crippen LogP contribution in [0.2, 0.25) is 0 Å². The first-order chi connectivity index (χ1) is 13.7. The standard InChI is InChI=1S/C20H36N6O2/c1-4-21-20(22-13-17-5-7-25(8-6-17)9-11-27-3)26-10-12-28-19(16-26)18-14-23-24(2)15-18/h14-15,17,19H,4-13,16H2,1-3H3,(H,21,22). The van der Waals surface area contributed by atoms with E-state index in [-0.39, 0.29) is 6.10 Å². The number of aryl methyl sites for hydroxylation is 1. The predicted octanol–water partition coefficient (Wildman–Crippen LogP) is 1.12. The van der Waals surface area contributed by atoms with Crippen LogP contribution in [0, 0.1) is 5.92 Å². The maximum Gasteiger partial charge on any atom is 0.194 e. The molecule has 1 aromatic rings. The first-order valence-electron chi connectivity index (χ1n) is 10.5. The predicted molar refractivity (Wildman–Crippen MR) is 110 cm³/mol. The molecule has 8 heteroatoms. The van der Waals surface area contributed by atoms with E-state index in [0.717, 1.165) is 63.9 Å². The van der Waals surface area contributed by atoms with Gasteiger partial charge in [-0.1, -0.05) is 0 Å². The first kappa shape index (κ1) is 21.1. The number of ether oxygens (including phenoxy) is 2. The van der Waals surface area contributed by atoms with Crippen LogP contribution in [0.25, 0.3) is 0 Å². The first-order valence-corrected chi connectivity index (χ1v) is 10.5. The van der Waals surface area contributed by atoms with Gasteiger partial charge in [0.05, 0.1) is 26.0 Å². The molecule has 158 valence electrons. The second kappa shape index (κ2) is 10.8. The number of hydrogen-bond donors (Lipinski definition) is 1. The van der Waals surface area contributed by atoms with Crippen molar-refractivity contribution >= 4 is 5.96 Å². The topological polar surface area (TPSA) is 67.2 Å². The van der Waals surface area contributed by atoms with E-state index in [4.69, 9.17) is 14.5 Å². The SMILES string of the molecule is CCNC(=NCC1CCN(CCOC)CC1)N1CCOC(c2cnn(C)c2)C1. The van der Waals surface area contributed by atoms with E-state index in [1.165, 1.54) is 12.8 Å². The summed E-state index contributed by atoms with van der Waals surface area (Å²) in [6.07, 6.45) is 6.42. The molecule has 1 aromatic heterocycles. The van der Waals surface area contributed by atoms with Crippen LogP contribution in [-0.4, -0.2) is 91.7 Å². The van der Waals surface area contributed by atoms with E-state index in [0.29, 0.717) is 12.5 Å².